The third kappa shape index (κ3) is 2.08. The second-order valence-corrected chi connectivity index (χ2v) is 6.37. The maximum Gasteiger partial charge on any atom is 0.230 e. The first-order valence-corrected chi connectivity index (χ1v) is 7.63. The Balaban J connectivity index is 1.75. The molecule has 2 unspecified atom stereocenters. The van der Waals surface area contributed by atoms with E-state index < -0.39 is 0 Å². The number of aryl methyl sites for hydroxylation is 1. The highest BCUT2D eigenvalue weighted by atomic mass is 32.1. The summed E-state index contributed by atoms with van der Waals surface area (Å²) >= 11 is 1.78. The molecule has 2 aliphatic rings. The van der Waals surface area contributed by atoms with Gasteiger partial charge in [0.15, 0.2) is 0 Å². The Morgan fingerprint density at radius 2 is 2.39 bits per heavy atom. The quantitative estimate of drug-likeness (QED) is 0.888. The van der Waals surface area contributed by atoms with E-state index in [0.717, 1.165) is 38.8 Å². The number of carbonyl (C=O) groups excluding carboxylic acids is 1. The van der Waals surface area contributed by atoms with Crippen molar-refractivity contribution < 1.29 is 9.90 Å². The summed E-state index contributed by atoms with van der Waals surface area (Å²) in [6.07, 6.45) is 4.20. The monoisotopic (exact) mass is 265 g/mol. The number of aliphatic hydroxyl groups is 1. The number of rotatable bonds is 2. The van der Waals surface area contributed by atoms with E-state index >= 15 is 0 Å². The van der Waals surface area contributed by atoms with Crippen molar-refractivity contribution in [3.05, 3.63) is 21.9 Å². The van der Waals surface area contributed by atoms with E-state index in [-0.39, 0.29) is 18.4 Å². The van der Waals surface area contributed by atoms with E-state index in [1.807, 2.05) is 4.90 Å². The van der Waals surface area contributed by atoms with Crippen LogP contribution in [-0.2, 0) is 11.2 Å². The van der Waals surface area contributed by atoms with Crippen molar-refractivity contribution in [2.45, 2.75) is 31.6 Å². The zero-order valence-corrected chi connectivity index (χ0v) is 11.3. The molecule has 98 valence electrons. The van der Waals surface area contributed by atoms with Crippen LogP contribution in [0.3, 0.4) is 0 Å². The van der Waals surface area contributed by atoms with Gasteiger partial charge in [-0.3, -0.25) is 4.79 Å². The first-order valence-electron chi connectivity index (χ1n) is 6.75. The van der Waals surface area contributed by atoms with Gasteiger partial charge in [0, 0.05) is 30.5 Å². The smallest absolute Gasteiger partial charge is 0.230 e. The molecule has 1 N–H and O–H groups in total. The predicted molar refractivity (Wildman–Crippen MR) is 71.8 cm³/mol. The maximum absolute atomic E-state index is 12.6. The van der Waals surface area contributed by atoms with Gasteiger partial charge >= 0.3 is 0 Å². The fraction of sp³-hybridized carbons (Fsp3) is 0.643. The van der Waals surface area contributed by atoms with Crippen LogP contribution in [0, 0.1) is 5.92 Å². The Morgan fingerprint density at radius 3 is 3.17 bits per heavy atom. The van der Waals surface area contributed by atoms with Crippen LogP contribution in [0.15, 0.2) is 11.4 Å². The van der Waals surface area contributed by atoms with E-state index in [0.29, 0.717) is 5.92 Å². The Bertz CT molecular complexity index is 443. The van der Waals surface area contributed by atoms with Crippen LogP contribution in [0.2, 0.25) is 0 Å². The lowest BCUT2D eigenvalue weighted by molar-refractivity contribution is -0.132. The molecular formula is C14H19NO2S. The molecule has 0 radical (unpaired) electrons. The maximum atomic E-state index is 12.6. The number of carbonyl (C=O) groups is 1. The van der Waals surface area contributed by atoms with Gasteiger partial charge in [-0.2, -0.15) is 0 Å². The fourth-order valence-corrected chi connectivity index (χ4v) is 4.13. The summed E-state index contributed by atoms with van der Waals surface area (Å²) in [4.78, 5) is 15.9. The highest BCUT2D eigenvalue weighted by Gasteiger charge is 2.33. The van der Waals surface area contributed by atoms with Crippen molar-refractivity contribution in [2.75, 3.05) is 19.7 Å². The van der Waals surface area contributed by atoms with E-state index in [1.54, 1.807) is 11.3 Å². The van der Waals surface area contributed by atoms with Gasteiger partial charge in [-0.15, -0.1) is 11.3 Å². The molecule has 2 heterocycles. The summed E-state index contributed by atoms with van der Waals surface area (Å²) in [6.45, 7) is 1.77. The van der Waals surface area contributed by atoms with Gasteiger partial charge in [0.25, 0.3) is 0 Å². The van der Waals surface area contributed by atoms with Crippen molar-refractivity contribution in [1.82, 2.24) is 4.90 Å². The summed E-state index contributed by atoms with van der Waals surface area (Å²) < 4.78 is 0. The van der Waals surface area contributed by atoms with Gasteiger partial charge in [-0.1, -0.05) is 0 Å². The number of nitrogens with zero attached hydrogens (tertiary/aromatic N) is 1. The summed E-state index contributed by atoms with van der Waals surface area (Å²) in [5.41, 5.74) is 1.27. The molecule has 3 nitrogen and oxygen atoms in total. The summed E-state index contributed by atoms with van der Waals surface area (Å²) in [5.74, 6) is 0.655. The van der Waals surface area contributed by atoms with Crippen LogP contribution in [0.25, 0.3) is 0 Å². The molecule has 0 aromatic carbocycles. The van der Waals surface area contributed by atoms with Gasteiger partial charge in [0.1, 0.15) is 0 Å². The van der Waals surface area contributed by atoms with Crippen molar-refractivity contribution in [3.8, 4) is 0 Å². The minimum atomic E-state index is 0.0810. The van der Waals surface area contributed by atoms with E-state index in [9.17, 15) is 4.79 Å². The van der Waals surface area contributed by atoms with E-state index in [4.69, 9.17) is 5.11 Å². The second kappa shape index (κ2) is 5.02. The molecule has 1 fully saturated rings. The first kappa shape index (κ1) is 12.2. The molecule has 3 rings (SSSR count). The van der Waals surface area contributed by atoms with Gasteiger partial charge in [-0.05, 0) is 42.7 Å². The number of hydrogen-bond acceptors (Lipinski definition) is 3. The van der Waals surface area contributed by atoms with Crippen LogP contribution in [0.1, 0.15) is 35.6 Å². The first-order chi connectivity index (χ1) is 8.79. The Labute approximate surface area is 111 Å². The van der Waals surface area contributed by atoms with Crippen LogP contribution < -0.4 is 0 Å². The number of amides is 1. The van der Waals surface area contributed by atoms with Crippen molar-refractivity contribution >= 4 is 17.2 Å². The minimum absolute atomic E-state index is 0.0810. The topological polar surface area (TPSA) is 40.5 Å². The SMILES string of the molecule is O=C(C1CCCc2sccc21)N1CCC(CO)C1. The average molecular weight is 265 g/mol. The summed E-state index contributed by atoms with van der Waals surface area (Å²) in [6, 6.07) is 2.13. The van der Waals surface area contributed by atoms with Gasteiger partial charge < -0.3 is 10.0 Å². The molecule has 2 atom stereocenters. The molecular weight excluding hydrogens is 246 g/mol. The number of fused-ring (bicyclic) bond motifs is 1. The average Bonchev–Trinajstić information content (AvgIpc) is 3.05. The number of thiophene rings is 1. The zero-order valence-electron chi connectivity index (χ0n) is 10.5. The van der Waals surface area contributed by atoms with Crippen LogP contribution in [-0.4, -0.2) is 35.6 Å². The van der Waals surface area contributed by atoms with Gasteiger partial charge in [0.05, 0.1) is 5.92 Å². The lowest BCUT2D eigenvalue weighted by Crippen LogP contribution is -2.34. The lowest BCUT2D eigenvalue weighted by atomic mass is 9.87. The Morgan fingerprint density at radius 1 is 1.50 bits per heavy atom. The van der Waals surface area contributed by atoms with Crippen molar-refractivity contribution in [2.24, 2.45) is 5.92 Å². The molecule has 0 spiro atoms. The fourth-order valence-electron chi connectivity index (χ4n) is 3.15. The van der Waals surface area contributed by atoms with E-state index in [2.05, 4.69) is 11.4 Å². The van der Waals surface area contributed by atoms with Gasteiger partial charge in [-0.25, -0.2) is 0 Å². The largest absolute Gasteiger partial charge is 0.396 e. The van der Waals surface area contributed by atoms with Crippen LogP contribution in [0.4, 0.5) is 0 Å². The van der Waals surface area contributed by atoms with Gasteiger partial charge in [0.2, 0.25) is 5.91 Å². The molecule has 1 aliphatic carbocycles. The summed E-state index contributed by atoms with van der Waals surface area (Å²) in [5, 5.41) is 11.3. The normalized spacial score (nSPS) is 27.3. The molecule has 1 aromatic rings. The zero-order chi connectivity index (χ0) is 12.5. The third-order valence-corrected chi connectivity index (χ3v) is 5.20. The molecule has 1 amide bonds. The molecule has 4 heteroatoms. The standard InChI is InChI=1S/C14H19NO2S/c16-9-10-4-6-15(8-10)14(17)12-2-1-3-13-11(12)5-7-18-13/h5,7,10,12,16H,1-4,6,8-9H2. The van der Waals surface area contributed by atoms with Crippen LogP contribution >= 0.6 is 11.3 Å². The molecule has 1 aromatic heterocycles. The lowest BCUT2D eigenvalue weighted by Gasteiger charge is -2.26. The molecule has 18 heavy (non-hydrogen) atoms. The third-order valence-electron chi connectivity index (χ3n) is 4.21. The number of hydrogen-bond donors (Lipinski definition) is 1. The van der Waals surface area contributed by atoms with Crippen LogP contribution in [0.5, 0.6) is 0 Å². The minimum Gasteiger partial charge on any atom is -0.396 e. The van der Waals surface area contributed by atoms with E-state index in [1.165, 1.54) is 10.4 Å². The number of aliphatic hydroxyl groups excluding tert-OH is 1. The number of likely N-dealkylation sites (tertiary alicyclic amines) is 1. The highest BCUT2D eigenvalue weighted by Crippen LogP contribution is 2.36. The summed E-state index contributed by atoms with van der Waals surface area (Å²) in [7, 11) is 0. The second-order valence-electron chi connectivity index (χ2n) is 5.37. The Hall–Kier alpha value is -0.870. The van der Waals surface area contributed by atoms with Crippen molar-refractivity contribution in [1.29, 1.82) is 0 Å². The van der Waals surface area contributed by atoms with Crippen molar-refractivity contribution in [3.63, 3.8) is 0 Å². The predicted octanol–water partition coefficient (Wildman–Crippen LogP) is 2.01. The molecule has 0 saturated carbocycles. The molecule has 0 bridgehead atoms. The molecule has 1 saturated heterocycles. The highest BCUT2D eigenvalue weighted by molar-refractivity contribution is 7.10. The Kier molecular flexibility index (Phi) is 3.39. The molecule has 1 aliphatic heterocycles.